The molecular weight excluding hydrogens is 390 g/mol. The van der Waals surface area contributed by atoms with E-state index < -0.39 is 0 Å². The van der Waals surface area contributed by atoms with Crippen LogP contribution in [-0.4, -0.2) is 61.5 Å². The number of para-hydroxylation sites is 1. The van der Waals surface area contributed by atoms with Gasteiger partial charge in [0.15, 0.2) is 0 Å². The number of aryl methyl sites for hydroxylation is 1. The normalized spacial score (nSPS) is 19.7. The highest BCUT2D eigenvalue weighted by Gasteiger charge is 2.35. The molecule has 0 radical (unpaired) electrons. The minimum Gasteiger partial charge on any atom is -0.354 e. The van der Waals surface area contributed by atoms with Gasteiger partial charge >= 0.3 is 0 Å². The van der Waals surface area contributed by atoms with E-state index >= 15 is 0 Å². The molecule has 2 aromatic rings. The molecule has 164 valence electrons. The number of aromatic nitrogens is 1. The predicted molar refractivity (Wildman–Crippen MR) is 122 cm³/mol. The largest absolute Gasteiger partial charge is 0.354 e. The van der Waals surface area contributed by atoms with Gasteiger partial charge in [0.05, 0.1) is 5.92 Å². The Kier molecular flexibility index (Phi) is 6.51. The molecule has 1 aromatic heterocycles. The third-order valence-corrected chi connectivity index (χ3v) is 6.28. The molecule has 2 aliphatic rings. The topological polar surface area (TPSA) is 68.8 Å². The van der Waals surface area contributed by atoms with Crippen LogP contribution in [0, 0.1) is 5.92 Å². The Morgan fingerprint density at radius 2 is 1.84 bits per heavy atom. The van der Waals surface area contributed by atoms with Crippen molar-refractivity contribution in [1.29, 1.82) is 0 Å². The second-order valence-corrected chi connectivity index (χ2v) is 8.38. The molecule has 1 atom stereocenters. The van der Waals surface area contributed by atoms with E-state index in [4.69, 9.17) is 0 Å². The van der Waals surface area contributed by atoms with Crippen molar-refractivity contribution in [2.45, 2.75) is 26.3 Å². The van der Waals surface area contributed by atoms with E-state index in [2.05, 4.69) is 34.1 Å². The lowest BCUT2D eigenvalue weighted by Gasteiger charge is -2.34. The van der Waals surface area contributed by atoms with Crippen LogP contribution >= 0.6 is 0 Å². The van der Waals surface area contributed by atoms with E-state index in [0.717, 1.165) is 55.2 Å². The van der Waals surface area contributed by atoms with Crippen molar-refractivity contribution >= 4 is 23.3 Å². The van der Waals surface area contributed by atoms with E-state index in [-0.39, 0.29) is 24.2 Å². The molecule has 0 saturated carbocycles. The molecule has 0 spiro atoms. The van der Waals surface area contributed by atoms with Crippen LogP contribution in [0.25, 0.3) is 0 Å². The number of hydrogen-bond acceptors (Lipinski definition) is 5. The van der Waals surface area contributed by atoms with E-state index in [1.165, 1.54) is 0 Å². The molecule has 2 saturated heterocycles. The Hall–Kier alpha value is -2.93. The summed E-state index contributed by atoms with van der Waals surface area (Å²) in [5, 5.41) is 3.06. The number of nitrogens with one attached hydrogen (secondary N) is 1. The van der Waals surface area contributed by atoms with Crippen LogP contribution in [0.2, 0.25) is 0 Å². The number of anilines is 2. The van der Waals surface area contributed by atoms with Crippen LogP contribution in [0.15, 0.2) is 42.6 Å². The summed E-state index contributed by atoms with van der Waals surface area (Å²) in [6, 6.07) is 11.9. The van der Waals surface area contributed by atoms with Crippen LogP contribution in [0.5, 0.6) is 0 Å². The zero-order chi connectivity index (χ0) is 21.8. The van der Waals surface area contributed by atoms with Gasteiger partial charge < -0.3 is 20.0 Å². The Labute approximate surface area is 184 Å². The zero-order valence-corrected chi connectivity index (χ0v) is 18.4. The SMILES string of the molecule is CCc1ccccc1N1CC(C(=O)NCc2cccnc2N2CCN(C)CC2)CC1=O. The van der Waals surface area contributed by atoms with Crippen molar-refractivity contribution in [3.05, 3.63) is 53.7 Å². The van der Waals surface area contributed by atoms with Crippen LogP contribution in [0.3, 0.4) is 0 Å². The lowest BCUT2D eigenvalue weighted by Crippen LogP contribution is -2.45. The van der Waals surface area contributed by atoms with Crippen molar-refractivity contribution in [3.8, 4) is 0 Å². The first kappa shape index (κ1) is 21.3. The highest BCUT2D eigenvalue weighted by Crippen LogP contribution is 2.28. The fourth-order valence-corrected chi connectivity index (χ4v) is 4.39. The lowest BCUT2D eigenvalue weighted by molar-refractivity contribution is -0.126. The quantitative estimate of drug-likeness (QED) is 0.773. The minimum atomic E-state index is -0.332. The molecular formula is C24H31N5O2. The van der Waals surface area contributed by atoms with Gasteiger partial charge in [-0.25, -0.2) is 4.98 Å². The van der Waals surface area contributed by atoms with Crippen LogP contribution in [0.4, 0.5) is 11.5 Å². The average Bonchev–Trinajstić information content (AvgIpc) is 3.19. The summed E-state index contributed by atoms with van der Waals surface area (Å²) in [5.74, 6) is 0.552. The second-order valence-electron chi connectivity index (χ2n) is 8.38. The third kappa shape index (κ3) is 4.71. The summed E-state index contributed by atoms with van der Waals surface area (Å²) in [4.78, 5) is 36.5. The molecule has 7 nitrogen and oxygen atoms in total. The Morgan fingerprint density at radius 3 is 2.61 bits per heavy atom. The van der Waals surface area contributed by atoms with Crippen molar-refractivity contribution in [3.63, 3.8) is 0 Å². The fraction of sp³-hybridized carbons (Fsp3) is 0.458. The molecule has 0 bridgehead atoms. The maximum atomic E-state index is 12.9. The van der Waals surface area contributed by atoms with Crippen molar-refractivity contribution in [2.75, 3.05) is 49.6 Å². The number of hydrogen-bond donors (Lipinski definition) is 1. The smallest absolute Gasteiger partial charge is 0.227 e. The number of carbonyl (C=O) groups excluding carboxylic acids is 2. The second kappa shape index (κ2) is 9.47. The summed E-state index contributed by atoms with van der Waals surface area (Å²) >= 11 is 0. The van der Waals surface area contributed by atoms with Crippen LogP contribution in [-0.2, 0) is 22.6 Å². The number of likely N-dealkylation sites (N-methyl/N-ethyl adjacent to an activating group) is 1. The number of carbonyl (C=O) groups is 2. The van der Waals surface area contributed by atoms with Crippen molar-refractivity contribution in [2.24, 2.45) is 5.92 Å². The number of piperazine rings is 1. The summed E-state index contributed by atoms with van der Waals surface area (Å²) in [6.45, 7) is 6.79. The van der Waals surface area contributed by atoms with Gasteiger partial charge in [0, 0.05) is 63.1 Å². The van der Waals surface area contributed by atoms with Crippen molar-refractivity contribution in [1.82, 2.24) is 15.2 Å². The first-order valence-electron chi connectivity index (χ1n) is 11.1. The molecule has 1 N–H and O–H groups in total. The molecule has 1 unspecified atom stereocenters. The zero-order valence-electron chi connectivity index (χ0n) is 18.4. The number of rotatable bonds is 6. The monoisotopic (exact) mass is 421 g/mol. The van der Waals surface area contributed by atoms with Gasteiger partial charge in [0.2, 0.25) is 11.8 Å². The summed E-state index contributed by atoms with van der Waals surface area (Å²) < 4.78 is 0. The first-order chi connectivity index (χ1) is 15.1. The van der Waals surface area contributed by atoms with Gasteiger partial charge in [-0.3, -0.25) is 9.59 Å². The molecule has 2 fully saturated rings. The molecule has 2 aliphatic heterocycles. The molecule has 7 heteroatoms. The first-order valence-corrected chi connectivity index (χ1v) is 11.1. The Balaban J connectivity index is 1.39. The Morgan fingerprint density at radius 1 is 1.10 bits per heavy atom. The van der Waals surface area contributed by atoms with Gasteiger partial charge in [-0.2, -0.15) is 0 Å². The number of nitrogens with zero attached hydrogens (tertiary/aromatic N) is 4. The van der Waals surface area contributed by atoms with E-state index in [1.54, 1.807) is 11.1 Å². The van der Waals surface area contributed by atoms with Crippen molar-refractivity contribution < 1.29 is 9.59 Å². The van der Waals surface area contributed by atoms with Gasteiger partial charge in [-0.05, 0) is 31.2 Å². The van der Waals surface area contributed by atoms with E-state index in [1.807, 2.05) is 36.4 Å². The maximum Gasteiger partial charge on any atom is 0.227 e. The van der Waals surface area contributed by atoms with Crippen LogP contribution in [0.1, 0.15) is 24.5 Å². The highest BCUT2D eigenvalue weighted by atomic mass is 16.2. The average molecular weight is 422 g/mol. The summed E-state index contributed by atoms with van der Waals surface area (Å²) in [6.07, 6.45) is 2.91. The summed E-state index contributed by atoms with van der Waals surface area (Å²) in [7, 11) is 2.13. The fourth-order valence-electron chi connectivity index (χ4n) is 4.39. The van der Waals surface area contributed by atoms with Gasteiger partial charge in [0.25, 0.3) is 0 Å². The number of benzene rings is 1. The molecule has 3 heterocycles. The summed E-state index contributed by atoms with van der Waals surface area (Å²) in [5.41, 5.74) is 3.07. The van der Waals surface area contributed by atoms with Gasteiger partial charge in [-0.15, -0.1) is 0 Å². The minimum absolute atomic E-state index is 0.0144. The predicted octanol–water partition coefficient (Wildman–Crippen LogP) is 2.07. The third-order valence-electron chi connectivity index (χ3n) is 6.28. The highest BCUT2D eigenvalue weighted by molar-refractivity contribution is 6.00. The molecule has 1 aromatic carbocycles. The van der Waals surface area contributed by atoms with Gasteiger partial charge in [0.1, 0.15) is 5.82 Å². The number of amides is 2. The maximum absolute atomic E-state index is 12.9. The number of pyridine rings is 1. The Bertz CT molecular complexity index is 939. The molecule has 2 amide bonds. The molecule has 0 aliphatic carbocycles. The van der Waals surface area contributed by atoms with E-state index in [9.17, 15) is 9.59 Å². The standard InChI is InChI=1S/C24H31N5O2/c1-3-18-7-4-5-9-21(18)29-17-20(15-22(29)30)24(31)26-16-19-8-6-10-25-23(19)28-13-11-27(2)12-14-28/h4-10,20H,3,11-17H2,1-2H3,(H,26,31). The lowest BCUT2D eigenvalue weighted by atomic mass is 10.1. The van der Waals surface area contributed by atoms with E-state index in [0.29, 0.717) is 13.1 Å². The molecule has 4 rings (SSSR count). The van der Waals surface area contributed by atoms with Gasteiger partial charge in [-0.1, -0.05) is 31.2 Å². The van der Waals surface area contributed by atoms with Crippen LogP contribution < -0.4 is 15.1 Å². The molecule has 31 heavy (non-hydrogen) atoms.